The van der Waals surface area contributed by atoms with Crippen LogP contribution in [0.2, 0.25) is 5.02 Å². The zero-order valence-corrected chi connectivity index (χ0v) is 11.7. The Morgan fingerprint density at radius 3 is 2.90 bits per heavy atom. The van der Waals surface area contributed by atoms with Crippen LogP contribution in [0.4, 0.5) is 11.5 Å². The molecule has 0 aliphatic carbocycles. The zero-order valence-electron chi connectivity index (χ0n) is 10.9. The van der Waals surface area contributed by atoms with Gasteiger partial charge in [0.15, 0.2) is 0 Å². The van der Waals surface area contributed by atoms with E-state index >= 15 is 0 Å². The topological polar surface area (TPSA) is 113 Å². The SMILES string of the molecule is CCOC(=O)c1cnn(-c2ccc(Cl)cc2[N+](=O)[O-])c1N. The standard InChI is InChI=1S/C12H11ClN4O4/c1-2-21-12(18)8-6-15-16(11(8)14)9-4-3-7(13)5-10(9)17(19)20/h3-6H,2,14H2,1H3. The highest BCUT2D eigenvalue weighted by Gasteiger charge is 2.22. The number of carbonyl (C=O) groups excluding carboxylic acids is 1. The molecule has 2 rings (SSSR count). The molecule has 0 unspecified atom stereocenters. The molecule has 8 nitrogen and oxygen atoms in total. The minimum absolute atomic E-state index is 0.0427. The summed E-state index contributed by atoms with van der Waals surface area (Å²) < 4.78 is 5.93. The molecular formula is C12H11ClN4O4. The maximum Gasteiger partial charge on any atom is 0.343 e. The molecule has 0 aliphatic heterocycles. The third kappa shape index (κ3) is 2.79. The first-order chi connectivity index (χ1) is 9.95. The van der Waals surface area contributed by atoms with Gasteiger partial charge in [0.25, 0.3) is 5.69 Å². The average Bonchev–Trinajstić information content (AvgIpc) is 2.81. The van der Waals surface area contributed by atoms with E-state index in [4.69, 9.17) is 22.1 Å². The molecule has 0 spiro atoms. The van der Waals surface area contributed by atoms with Crippen LogP contribution in [-0.4, -0.2) is 27.3 Å². The Bertz CT molecular complexity index is 713. The van der Waals surface area contributed by atoms with Gasteiger partial charge in [0.2, 0.25) is 0 Å². The van der Waals surface area contributed by atoms with E-state index in [0.717, 1.165) is 4.68 Å². The van der Waals surface area contributed by atoms with Crippen LogP contribution in [0.25, 0.3) is 5.69 Å². The Labute approximate surface area is 124 Å². The second-order valence-electron chi connectivity index (χ2n) is 3.97. The van der Waals surface area contributed by atoms with Crippen molar-refractivity contribution >= 4 is 29.1 Å². The van der Waals surface area contributed by atoms with Gasteiger partial charge in [0, 0.05) is 11.1 Å². The Morgan fingerprint density at radius 1 is 1.57 bits per heavy atom. The van der Waals surface area contributed by atoms with Crippen LogP contribution in [0.3, 0.4) is 0 Å². The largest absolute Gasteiger partial charge is 0.462 e. The fourth-order valence-electron chi connectivity index (χ4n) is 1.74. The van der Waals surface area contributed by atoms with Crippen LogP contribution in [-0.2, 0) is 4.74 Å². The Morgan fingerprint density at radius 2 is 2.29 bits per heavy atom. The molecule has 0 bridgehead atoms. The van der Waals surface area contributed by atoms with Crippen molar-refractivity contribution in [2.45, 2.75) is 6.92 Å². The maximum absolute atomic E-state index is 11.7. The molecule has 0 saturated carbocycles. The van der Waals surface area contributed by atoms with Crippen molar-refractivity contribution in [3.05, 3.63) is 45.1 Å². The smallest absolute Gasteiger partial charge is 0.343 e. The second kappa shape index (κ2) is 5.80. The lowest BCUT2D eigenvalue weighted by molar-refractivity contribution is -0.384. The number of nitrogens with two attached hydrogens (primary N) is 1. The van der Waals surface area contributed by atoms with Crippen molar-refractivity contribution in [3.8, 4) is 5.69 Å². The number of benzene rings is 1. The monoisotopic (exact) mass is 310 g/mol. The lowest BCUT2D eigenvalue weighted by Gasteiger charge is -2.06. The molecule has 2 aromatic rings. The Kier molecular flexibility index (Phi) is 4.08. The van der Waals surface area contributed by atoms with Gasteiger partial charge in [-0.05, 0) is 19.1 Å². The van der Waals surface area contributed by atoms with Crippen LogP contribution >= 0.6 is 11.6 Å². The number of hydrogen-bond donors (Lipinski definition) is 1. The van der Waals surface area contributed by atoms with Crippen LogP contribution in [0, 0.1) is 10.1 Å². The Balaban J connectivity index is 2.54. The van der Waals surface area contributed by atoms with Crippen molar-refractivity contribution in [3.63, 3.8) is 0 Å². The summed E-state index contributed by atoms with van der Waals surface area (Å²) in [5.41, 5.74) is 5.70. The predicted octanol–water partition coefficient (Wildman–Crippen LogP) is 2.19. The number of nitrogens with zero attached hydrogens (tertiary/aromatic N) is 3. The number of anilines is 1. The summed E-state index contributed by atoms with van der Waals surface area (Å²) in [5, 5.41) is 15.2. The molecule has 1 heterocycles. The van der Waals surface area contributed by atoms with Gasteiger partial charge in [0.1, 0.15) is 17.1 Å². The molecule has 0 aliphatic rings. The van der Waals surface area contributed by atoms with E-state index in [1.165, 1.54) is 24.4 Å². The van der Waals surface area contributed by atoms with Gasteiger partial charge < -0.3 is 10.5 Å². The zero-order chi connectivity index (χ0) is 15.6. The third-order valence-corrected chi connectivity index (χ3v) is 2.90. The number of nitro benzene ring substituents is 1. The molecule has 2 N–H and O–H groups in total. The van der Waals surface area contributed by atoms with Crippen LogP contribution in [0.1, 0.15) is 17.3 Å². The van der Waals surface area contributed by atoms with E-state index in [0.29, 0.717) is 0 Å². The number of ether oxygens (including phenoxy) is 1. The van der Waals surface area contributed by atoms with Crippen molar-refractivity contribution in [1.29, 1.82) is 0 Å². The molecule has 0 fully saturated rings. The number of nitrogen functional groups attached to an aromatic ring is 1. The van der Waals surface area contributed by atoms with Gasteiger partial charge in [-0.3, -0.25) is 10.1 Å². The van der Waals surface area contributed by atoms with E-state index in [1.807, 2.05) is 0 Å². The number of carbonyl (C=O) groups is 1. The van der Waals surface area contributed by atoms with Crippen molar-refractivity contribution in [2.24, 2.45) is 0 Å². The number of esters is 1. The van der Waals surface area contributed by atoms with Crippen LogP contribution < -0.4 is 5.73 Å². The van der Waals surface area contributed by atoms with Gasteiger partial charge in [-0.25, -0.2) is 9.48 Å². The first kappa shape index (κ1) is 14.8. The fourth-order valence-corrected chi connectivity index (χ4v) is 1.90. The lowest BCUT2D eigenvalue weighted by Crippen LogP contribution is -2.09. The van der Waals surface area contributed by atoms with E-state index in [9.17, 15) is 14.9 Å². The minimum Gasteiger partial charge on any atom is -0.462 e. The molecular weight excluding hydrogens is 300 g/mol. The van der Waals surface area contributed by atoms with E-state index < -0.39 is 10.9 Å². The summed E-state index contributed by atoms with van der Waals surface area (Å²) in [6.07, 6.45) is 1.20. The normalized spacial score (nSPS) is 10.4. The highest BCUT2D eigenvalue weighted by Crippen LogP contribution is 2.28. The molecule has 1 aromatic heterocycles. The first-order valence-electron chi connectivity index (χ1n) is 5.90. The molecule has 0 radical (unpaired) electrons. The minimum atomic E-state index is -0.641. The summed E-state index contributed by atoms with van der Waals surface area (Å²) in [6, 6.07) is 4.05. The summed E-state index contributed by atoms with van der Waals surface area (Å²) >= 11 is 5.75. The van der Waals surface area contributed by atoms with E-state index in [-0.39, 0.29) is 34.4 Å². The molecule has 110 valence electrons. The molecule has 1 aromatic carbocycles. The summed E-state index contributed by atoms with van der Waals surface area (Å²) in [5.74, 6) is -0.684. The summed E-state index contributed by atoms with van der Waals surface area (Å²) in [7, 11) is 0. The van der Waals surface area contributed by atoms with Crippen LogP contribution in [0.15, 0.2) is 24.4 Å². The maximum atomic E-state index is 11.7. The van der Waals surface area contributed by atoms with Gasteiger partial charge in [-0.15, -0.1) is 0 Å². The van der Waals surface area contributed by atoms with Crippen molar-refractivity contribution < 1.29 is 14.5 Å². The first-order valence-corrected chi connectivity index (χ1v) is 6.28. The molecule has 0 amide bonds. The number of rotatable bonds is 4. The summed E-state index contributed by atoms with van der Waals surface area (Å²) in [6.45, 7) is 1.84. The lowest BCUT2D eigenvalue weighted by atomic mass is 10.2. The number of nitro groups is 1. The average molecular weight is 311 g/mol. The Hall–Kier alpha value is -2.61. The highest BCUT2D eigenvalue weighted by molar-refractivity contribution is 6.30. The fraction of sp³-hybridized carbons (Fsp3) is 0.167. The number of halogens is 1. The number of aromatic nitrogens is 2. The van der Waals surface area contributed by atoms with E-state index in [2.05, 4.69) is 5.10 Å². The van der Waals surface area contributed by atoms with Gasteiger partial charge in [-0.2, -0.15) is 5.10 Å². The molecule has 21 heavy (non-hydrogen) atoms. The van der Waals surface area contributed by atoms with Crippen molar-refractivity contribution in [2.75, 3.05) is 12.3 Å². The van der Waals surface area contributed by atoms with Crippen molar-refractivity contribution in [1.82, 2.24) is 9.78 Å². The van der Waals surface area contributed by atoms with Crippen LogP contribution in [0.5, 0.6) is 0 Å². The quantitative estimate of drug-likeness (QED) is 0.526. The number of hydrogen-bond acceptors (Lipinski definition) is 6. The summed E-state index contributed by atoms with van der Waals surface area (Å²) in [4.78, 5) is 22.1. The van der Waals surface area contributed by atoms with Gasteiger partial charge in [0.05, 0.1) is 17.7 Å². The van der Waals surface area contributed by atoms with Gasteiger partial charge in [-0.1, -0.05) is 11.6 Å². The van der Waals surface area contributed by atoms with E-state index in [1.54, 1.807) is 6.92 Å². The highest BCUT2D eigenvalue weighted by atomic mass is 35.5. The predicted molar refractivity (Wildman–Crippen MR) is 75.6 cm³/mol. The third-order valence-electron chi connectivity index (χ3n) is 2.66. The molecule has 0 saturated heterocycles. The second-order valence-corrected chi connectivity index (χ2v) is 4.40. The molecule has 0 atom stereocenters. The molecule has 9 heteroatoms. The van der Waals surface area contributed by atoms with Gasteiger partial charge >= 0.3 is 5.97 Å².